The first kappa shape index (κ1) is 7.45. The van der Waals surface area contributed by atoms with E-state index in [1.165, 1.54) is 0 Å². The van der Waals surface area contributed by atoms with Gasteiger partial charge in [-0.2, -0.15) is 0 Å². The highest BCUT2D eigenvalue weighted by molar-refractivity contribution is 6.32. The summed E-state index contributed by atoms with van der Waals surface area (Å²) in [5, 5.41) is 2.46. The zero-order valence-corrected chi connectivity index (χ0v) is 4.57. The summed E-state index contributed by atoms with van der Waals surface area (Å²) < 4.78 is 3.91. The maximum Gasteiger partial charge on any atom is 0.381 e. The third-order valence-electron chi connectivity index (χ3n) is 0.496. The van der Waals surface area contributed by atoms with Crippen LogP contribution in [0.25, 0.3) is 10.4 Å². The lowest BCUT2D eigenvalue weighted by Crippen LogP contribution is -2.11. The second kappa shape index (κ2) is 3.45. The normalized spacial score (nSPS) is 7.22. The second-order valence-electron chi connectivity index (χ2n) is 0.986. The van der Waals surface area contributed by atoms with E-state index in [-0.39, 0.29) is 0 Å². The number of rotatable bonds is 0. The van der Waals surface area contributed by atoms with E-state index >= 15 is 0 Å². The number of azide groups is 1. The molecule has 48 valence electrons. The first-order valence-electron chi connectivity index (χ1n) is 1.89. The maximum absolute atomic E-state index is 10.1. The van der Waals surface area contributed by atoms with Crippen LogP contribution in [0.2, 0.25) is 0 Å². The molecule has 1 amide bonds. The third kappa shape index (κ3) is 2.30. The van der Waals surface area contributed by atoms with Gasteiger partial charge in [0, 0.05) is 4.91 Å². The summed E-state index contributed by atoms with van der Waals surface area (Å²) in [6, 6.07) is 0. The largest absolute Gasteiger partial charge is 0.463 e. The molecule has 9 heavy (non-hydrogen) atoms. The van der Waals surface area contributed by atoms with Crippen LogP contribution in [0, 0.1) is 0 Å². The molecule has 0 N–H and O–H groups in total. The Bertz CT molecular complexity index is 181. The van der Waals surface area contributed by atoms with Crippen molar-refractivity contribution in [2.75, 3.05) is 7.11 Å². The summed E-state index contributed by atoms with van der Waals surface area (Å²) in [6.07, 6.45) is 0. The molecule has 0 atom stereocenters. The topological polar surface area (TPSA) is 92.1 Å². The lowest BCUT2D eigenvalue weighted by Gasteiger charge is -1.86. The molecule has 0 bridgehead atoms. The number of amides is 1. The molecule has 0 saturated heterocycles. The van der Waals surface area contributed by atoms with Gasteiger partial charge in [0.1, 0.15) is 0 Å². The van der Waals surface area contributed by atoms with Gasteiger partial charge in [-0.05, 0) is 10.6 Å². The Balaban J connectivity index is 4.04. The van der Waals surface area contributed by atoms with Crippen LogP contribution in [0.1, 0.15) is 0 Å². The average molecular weight is 129 g/mol. The van der Waals surface area contributed by atoms with Gasteiger partial charge < -0.3 is 4.74 Å². The van der Waals surface area contributed by atoms with E-state index in [0.717, 1.165) is 7.11 Å². The summed E-state index contributed by atoms with van der Waals surface area (Å²) in [7, 11) is 1.02. The van der Waals surface area contributed by atoms with Crippen molar-refractivity contribution in [1.82, 2.24) is 0 Å². The van der Waals surface area contributed by atoms with E-state index in [1.54, 1.807) is 0 Å². The molecule has 0 saturated carbocycles. The molecule has 6 heteroatoms. The van der Waals surface area contributed by atoms with Crippen LogP contribution >= 0.6 is 0 Å². The SMILES string of the molecule is COC(=O)C(=O)N=[N+]=[N-]. The number of esters is 1. The maximum atomic E-state index is 10.1. The van der Waals surface area contributed by atoms with Crippen LogP contribution in [0.4, 0.5) is 0 Å². The molecule has 0 aromatic heterocycles. The summed E-state index contributed by atoms with van der Waals surface area (Å²) in [4.78, 5) is 22.2. The molecular formula is C3H3N3O3. The first-order valence-corrected chi connectivity index (χ1v) is 1.89. The fourth-order valence-electron chi connectivity index (χ4n) is 0.169. The monoisotopic (exact) mass is 129 g/mol. The molecule has 0 aliphatic carbocycles. The summed E-state index contributed by atoms with van der Waals surface area (Å²) >= 11 is 0. The van der Waals surface area contributed by atoms with E-state index in [4.69, 9.17) is 5.53 Å². The molecule has 0 aliphatic rings. The molecule has 0 radical (unpaired) electrons. The molecule has 0 unspecified atom stereocenters. The molecule has 0 aromatic rings. The quantitative estimate of drug-likeness (QED) is 0.151. The fourth-order valence-corrected chi connectivity index (χ4v) is 0.169. The van der Waals surface area contributed by atoms with E-state index in [1.807, 2.05) is 0 Å². The molecule has 6 nitrogen and oxygen atoms in total. The highest BCUT2D eigenvalue weighted by Gasteiger charge is 2.09. The summed E-state index contributed by atoms with van der Waals surface area (Å²) in [5.41, 5.74) is 7.61. The fraction of sp³-hybridized carbons (Fsp3) is 0.333. The van der Waals surface area contributed by atoms with E-state index in [9.17, 15) is 9.59 Å². The summed E-state index contributed by atoms with van der Waals surface area (Å²) in [6.45, 7) is 0. The van der Waals surface area contributed by atoms with E-state index in [0.29, 0.717) is 0 Å². The van der Waals surface area contributed by atoms with Crippen LogP contribution in [0.3, 0.4) is 0 Å². The molecular weight excluding hydrogens is 126 g/mol. The number of hydrogen-bond donors (Lipinski definition) is 0. The number of carbonyl (C=O) groups excluding carboxylic acids is 2. The highest BCUT2D eigenvalue weighted by Crippen LogP contribution is 1.79. The predicted molar refractivity (Wildman–Crippen MR) is 26.2 cm³/mol. The van der Waals surface area contributed by atoms with Crippen molar-refractivity contribution >= 4 is 11.9 Å². The van der Waals surface area contributed by atoms with Crippen LogP contribution in [0.15, 0.2) is 5.11 Å². The van der Waals surface area contributed by atoms with Crippen molar-refractivity contribution in [1.29, 1.82) is 0 Å². The predicted octanol–water partition coefficient (Wildman–Crippen LogP) is -0.00370. The minimum Gasteiger partial charge on any atom is -0.463 e. The highest BCUT2D eigenvalue weighted by atomic mass is 16.5. The van der Waals surface area contributed by atoms with Crippen molar-refractivity contribution < 1.29 is 14.3 Å². The first-order chi connectivity index (χ1) is 4.22. The number of nitrogens with zero attached hydrogens (tertiary/aromatic N) is 3. The number of carbonyl (C=O) groups is 2. The smallest absolute Gasteiger partial charge is 0.381 e. The molecule has 0 rings (SSSR count). The Kier molecular flexibility index (Phi) is 2.86. The Morgan fingerprint density at radius 1 is 1.67 bits per heavy atom. The summed E-state index contributed by atoms with van der Waals surface area (Å²) in [5.74, 6) is -2.40. The van der Waals surface area contributed by atoms with Crippen molar-refractivity contribution in [2.45, 2.75) is 0 Å². The number of hydrogen-bond acceptors (Lipinski definition) is 3. The van der Waals surface area contributed by atoms with Crippen molar-refractivity contribution in [3.05, 3.63) is 10.4 Å². The standard InChI is InChI=1S/C3H3N3O3/c1-9-3(8)2(7)5-6-4/h1H3. The van der Waals surface area contributed by atoms with Gasteiger partial charge in [-0.3, -0.25) is 4.79 Å². The minimum absolute atomic E-state index is 1.02. The zero-order valence-electron chi connectivity index (χ0n) is 4.57. The Hall–Kier alpha value is -1.55. The van der Waals surface area contributed by atoms with E-state index < -0.39 is 11.9 Å². The van der Waals surface area contributed by atoms with Crippen molar-refractivity contribution in [2.24, 2.45) is 5.11 Å². The van der Waals surface area contributed by atoms with Crippen LogP contribution in [-0.4, -0.2) is 19.0 Å². The molecule has 0 aromatic carbocycles. The molecule has 0 heterocycles. The Morgan fingerprint density at radius 3 is 2.56 bits per heavy atom. The molecule has 0 aliphatic heterocycles. The van der Waals surface area contributed by atoms with Gasteiger partial charge in [-0.15, -0.1) is 0 Å². The van der Waals surface area contributed by atoms with Gasteiger partial charge >= 0.3 is 11.9 Å². The van der Waals surface area contributed by atoms with Gasteiger partial charge in [-0.1, -0.05) is 0 Å². The average Bonchev–Trinajstić information content (AvgIpc) is 1.87. The van der Waals surface area contributed by atoms with Gasteiger partial charge in [0.05, 0.1) is 7.11 Å². The molecule has 0 spiro atoms. The lowest BCUT2D eigenvalue weighted by molar-refractivity contribution is -0.151. The van der Waals surface area contributed by atoms with Crippen LogP contribution in [-0.2, 0) is 14.3 Å². The van der Waals surface area contributed by atoms with Gasteiger partial charge in [0.25, 0.3) is 0 Å². The van der Waals surface area contributed by atoms with E-state index in [2.05, 4.69) is 14.8 Å². The van der Waals surface area contributed by atoms with Crippen LogP contribution in [0.5, 0.6) is 0 Å². The number of ether oxygens (including phenoxy) is 1. The van der Waals surface area contributed by atoms with Gasteiger partial charge in [0.2, 0.25) is 0 Å². The van der Waals surface area contributed by atoms with Gasteiger partial charge in [-0.25, -0.2) is 4.79 Å². The molecule has 0 fully saturated rings. The van der Waals surface area contributed by atoms with Crippen molar-refractivity contribution in [3.63, 3.8) is 0 Å². The van der Waals surface area contributed by atoms with Crippen LogP contribution < -0.4 is 0 Å². The lowest BCUT2D eigenvalue weighted by atomic mass is 10.7. The van der Waals surface area contributed by atoms with Crippen molar-refractivity contribution in [3.8, 4) is 0 Å². The minimum atomic E-state index is -1.24. The Morgan fingerprint density at radius 2 is 2.22 bits per heavy atom. The zero-order chi connectivity index (χ0) is 7.28. The third-order valence-corrected chi connectivity index (χ3v) is 0.496. The second-order valence-corrected chi connectivity index (χ2v) is 0.986. The Labute approximate surface area is 50.0 Å². The van der Waals surface area contributed by atoms with Gasteiger partial charge in [0.15, 0.2) is 0 Å². The number of methoxy groups -OCH3 is 1.